The van der Waals surface area contributed by atoms with Crippen molar-refractivity contribution in [3.05, 3.63) is 68.7 Å². The highest BCUT2D eigenvalue weighted by molar-refractivity contribution is 9.10. The SMILES string of the molecule is Cc1cc(Br)cc(C(N)c2cc(C)c(F)cc2F)c1. The third kappa shape index (κ3) is 3.01. The lowest BCUT2D eigenvalue weighted by molar-refractivity contribution is 0.561. The van der Waals surface area contributed by atoms with Gasteiger partial charge in [0, 0.05) is 16.1 Å². The second kappa shape index (κ2) is 5.39. The second-order valence-corrected chi connectivity index (χ2v) is 5.58. The summed E-state index contributed by atoms with van der Waals surface area (Å²) < 4.78 is 28.0. The molecule has 0 aliphatic heterocycles. The molecule has 0 aliphatic carbocycles. The summed E-state index contributed by atoms with van der Waals surface area (Å²) in [5.41, 5.74) is 8.60. The molecule has 2 aromatic rings. The van der Waals surface area contributed by atoms with Crippen molar-refractivity contribution in [3.8, 4) is 0 Å². The standard InChI is InChI=1S/C15H14BrF2N/c1-8-3-10(6-11(16)4-8)15(19)12-5-9(2)13(17)7-14(12)18/h3-7,15H,19H2,1-2H3. The van der Waals surface area contributed by atoms with E-state index in [1.807, 2.05) is 25.1 Å². The Morgan fingerprint density at radius 3 is 2.32 bits per heavy atom. The van der Waals surface area contributed by atoms with E-state index in [1.54, 1.807) is 6.92 Å². The van der Waals surface area contributed by atoms with Gasteiger partial charge in [0.25, 0.3) is 0 Å². The third-order valence-corrected chi connectivity index (χ3v) is 3.49. The Bertz CT molecular complexity index is 606. The van der Waals surface area contributed by atoms with Gasteiger partial charge in [-0.25, -0.2) is 8.78 Å². The summed E-state index contributed by atoms with van der Waals surface area (Å²) in [4.78, 5) is 0. The van der Waals surface area contributed by atoms with Crippen LogP contribution in [0.3, 0.4) is 0 Å². The molecular weight excluding hydrogens is 312 g/mol. The van der Waals surface area contributed by atoms with Crippen molar-refractivity contribution in [2.45, 2.75) is 19.9 Å². The van der Waals surface area contributed by atoms with Crippen LogP contribution < -0.4 is 5.73 Å². The van der Waals surface area contributed by atoms with E-state index in [-0.39, 0.29) is 0 Å². The first-order valence-corrected chi connectivity index (χ1v) is 6.66. The van der Waals surface area contributed by atoms with Crippen molar-refractivity contribution in [2.75, 3.05) is 0 Å². The molecule has 19 heavy (non-hydrogen) atoms. The van der Waals surface area contributed by atoms with E-state index in [4.69, 9.17) is 5.73 Å². The summed E-state index contributed by atoms with van der Waals surface area (Å²) in [6, 6.07) is 7.42. The molecule has 100 valence electrons. The molecule has 0 amide bonds. The first-order chi connectivity index (χ1) is 8.88. The monoisotopic (exact) mass is 325 g/mol. The van der Waals surface area contributed by atoms with Crippen LogP contribution >= 0.6 is 15.9 Å². The van der Waals surface area contributed by atoms with E-state index in [0.29, 0.717) is 11.1 Å². The number of nitrogens with two attached hydrogens (primary N) is 1. The Labute approximate surface area is 119 Å². The maximum Gasteiger partial charge on any atom is 0.131 e. The van der Waals surface area contributed by atoms with Crippen LogP contribution in [0.5, 0.6) is 0 Å². The lowest BCUT2D eigenvalue weighted by Crippen LogP contribution is -2.14. The van der Waals surface area contributed by atoms with Crippen LogP contribution in [-0.2, 0) is 0 Å². The molecule has 0 aromatic heterocycles. The van der Waals surface area contributed by atoms with Gasteiger partial charge in [-0.3, -0.25) is 0 Å². The predicted molar refractivity (Wildman–Crippen MR) is 76.0 cm³/mol. The fraction of sp³-hybridized carbons (Fsp3) is 0.200. The number of halogens is 3. The molecule has 1 unspecified atom stereocenters. The first kappa shape index (κ1) is 14.2. The summed E-state index contributed by atoms with van der Waals surface area (Å²) in [7, 11) is 0. The third-order valence-electron chi connectivity index (χ3n) is 3.04. The van der Waals surface area contributed by atoms with Crippen molar-refractivity contribution in [3.63, 3.8) is 0 Å². The van der Waals surface area contributed by atoms with Crippen molar-refractivity contribution < 1.29 is 8.78 Å². The molecule has 0 fully saturated rings. The molecule has 1 atom stereocenters. The van der Waals surface area contributed by atoms with E-state index in [9.17, 15) is 8.78 Å². The topological polar surface area (TPSA) is 26.0 Å². The number of hydrogen-bond donors (Lipinski definition) is 1. The minimum atomic E-state index is -0.617. The van der Waals surface area contributed by atoms with Gasteiger partial charge in [-0.2, -0.15) is 0 Å². The van der Waals surface area contributed by atoms with E-state index in [1.165, 1.54) is 6.07 Å². The van der Waals surface area contributed by atoms with Crippen LogP contribution in [0.1, 0.15) is 28.3 Å². The summed E-state index contributed by atoms with van der Waals surface area (Å²) in [5, 5.41) is 0. The number of rotatable bonds is 2. The van der Waals surface area contributed by atoms with E-state index < -0.39 is 17.7 Å². The van der Waals surface area contributed by atoms with Gasteiger partial charge in [-0.05, 0) is 48.7 Å². The van der Waals surface area contributed by atoms with E-state index in [0.717, 1.165) is 21.7 Å². The zero-order valence-electron chi connectivity index (χ0n) is 10.7. The lowest BCUT2D eigenvalue weighted by Gasteiger charge is -2.15. The summed E-state index contributed by atoms with van der Waals surface area (Å²) in [6.45, 7) is 3.53. The highest BCUT2D eigenvalue weighted by atomic mass is 79.9. The smallest absolute Gasteiger partial charge is 0.131 e. The first-order valence-electron chi connectivity index (χ1n) is 5.86. The maximum absolute atomic E-state index is 13.8. The Balaban J connectivity index is 2.49. The molecular formula is C15H14BrF2N. The summed E-state index contributed by atoms with van der Waals surface area (Å²) in [5.74, 6) is -1.17. The maximum atomic E-state index is 13.8. The van der Waals surface area contributed by atoms with Crippen LogP contribution in [-0.4, -0.2) is 0 Å². The highest BCUT2D eigenvalue weighted by Gasteiger charge is 2.16. The molecule has 0 spiro atoms. The molecule has 2 N–H and O–H groups in total. The van der Waals surface area contributed by atoms with Gasteiger partial charge in [0.2, 0.25) is 0 Å². The molecule has 0 bridgehead atoms. The van der Waals surface area contributed by atoms with Gasteiger partial charge < -0.3 is 5.73 Å². The fourth-order valence-corrected chi connectivity index (χ4v) is 2.67. The second-order valence-electron chi connectivity index (χ2n) is 4.66. The lowest BCUT2D eigenvalue weighted by atomic mass is 9.96. The van der Waals surface area contributed by atoms with Crippen LogP contribution in [0.2, 0.25) is 0 Å². The quantitative estimate of drug-likeness (QED) is 0.870. The molecule has 0 heterocycles. The highest BCUT2D eigenvalue weighted by Crippen LogP contribution is 2.27. The molecule has 4 heteroatoms. The Hall–Kier alpha value is -1.26. The van der Waals surface area contributed by atoms with Crippen LogP contribution in [0.15, 0.2) is 34.8 Å². The fourth-order valence-electron chi connectivity index (χ4n) is 2.04. The van der Waals surface area contributed by atoms with E-state index in [2.05, 4.69) is 15.9 Å². The average molecular weight is 326 g/mol. The van der Waals surface area contributed by atoms with Crippen molar-refractivity contribution in [2.24, 2.45) is 5.73 Å². The molecule has 1 nitrogen and oxygen atoms in total. The minimum Gasteiger partial charge on any atom is -0.320 e. The zero-order chi connectivity index (χ0) is 14.2. The van der Waals surface area contributed by atoms with Crippen molar-refractivity contribution in [1.29, 1.82) is 0 Å². The average Bonchev–Trinajstić information content (AvgIpc) is 2.31. The number of benzene rings is 2. The molecule has 0 aliphatic rings. The Morgan fingerprint density at radius 2 is 1.68 bits per heavy atom. The van der Waals surface area contributed by atoms with Crippen LogP contribution in [0, 0.1) is 25.5 Å². The van der Waals surface area contributed by atoms with Crippen LogP contribution in [0.4, 0.5) is 8.78 Å². The Kier molecular flexibility index (Phi) is 4.02. The minimum absolute atomic E-state index is 0.302. The normalized spacial score (nSPS) is 12.5. The number of hydrogen-bond acceptors (Lipinski definition) is 1. The number of aryl methyl sites for hydroxylation is 2. The van der Waals surface area contributed by atoms with E-state index >= 15 is 0 Å². The molecule has 0 saturated carbocycles. The van der Waals surface area contributed by atoms with Gasteiger partial charge in [-0.1, -0.05) is 22.0 Å². The van der Waals surface area contributed by atoms with Gasteiger partial charge in [0.1, 0.15) is 11.6 Å². The van der Waals surface area contributed by atoms with Gasteiger partial charge >= 0.3 is 0 Å². The van der Waals surface area contributed by atoms with Crippen molar-refractivity contribution >= 4 is 15.9 Å². The zero-order valence-corrected chi connectivity index (χ0v) is 12.3. The summed E-state index contributed by atoms with van der Waals surface area (Å²) >= 11 is 3.39. The van der Waals surface area contributed by atoms with Gasteiger partial charge in [0.05, 0.1) is 6.04 Å². The largest absolute Gasteiger partial charge is 0.320 e. The van der Waals surface area contributed by atoms with Crippen molar-refractivity contribution in [1.82, 2.24) is 0 Å². The Morgan fingerprint density at radius 1 is 1.00 bits per heavy atom. The van der Waals surface area contributed by atoms with Gasteiger partial charge in [0.15, 0.2) is 0 Å². The molecule has 0 saturated heterocycles. The molecule has 2 aromatic carbocycles. The predicted octanol–water partition coefficient (Wildman–Crippen LogP) is 4.39. The molecule has 0 radical (unpaired) electrons. The van der Waals surface area contributed by atoms with Gasteiger partial charge in [-0.15, -0.1) is 0 Å². The summed E-state index contributed by atoms with van der Waals surface area (Å²) in [6.07, 6.45) is 0. The molecule has 2 rings (SSSR count). The van der Waals surface area contributed by atoms with Crippen LogP contribution in [0.25, 0.3) is 0 Å².